The second-order valence-electron chi connectivity index (χ2n) is 2.39. The Morgan fingerprint density at radius 2 is 2.25 bits per heavy atom. The Bertz CT molecular complexity index is 341. The molecule has 1 aromatic heterocycles. The maximum atomic E-state index is 10.6. The van der Waals surface area contributed by atoms with E-state index in [1.807, 2.05) is 0 Å². The summed E-state index contributed by atoms with van der Waals surface area (Å²) in [6, 6.07) is 0. The molecule has 0 spiro atoms. The fourth-order valence-electron chi connectivity index (χ4n) is 1.08. The van der Waals surface area contributed by atoms with Crippen LogP contribution in [0.2, 0.25) is 0 Å². The maximum absolute atomic E-state index is 10.6. The Labute approximate surface area is 68.6 Å². The van der Waals surface area contributed by atoms with Crippen LogP contribution in [0.5, 0.6) is 0 Å². The molecule has 0 unspecified atom stereocenters. The van der Waals surface area contributed by atoms with Crippen molar-refractivity contribution in [3.8, 4) is 0 Å². The Balaban J connectivity index is 3.42. The van der Waals surface area contributed by atoms with Gasteiger partial charge in [0.15, 0.2) is 6.29 Å². The maximum Gasteiger partial charge on any atom is 0.339 e. The summed E-state index contributed by atoms with van der Waals surface area (Å²) in [7, 11) is 1.53. The van der Waals surface area contributed by atoms with Crippen molar-refractivity contribution in [1.29, 1.82) is 0 Å². The molecule has 0 bridgehead atoms. The third kappa shape index (κ3) is 1.09. The number of carboxylic acids is 1. The van der Waals surface area contributed by atoms with Crippen LogP contribution in [0.25, 0.3) is 0 Å². The minimum absolute atomic E-state index is 0.0208. The lowest BCUT2D eigenvalue weighted by atomic mass is 10.2. The normalized spacial score (nSPS) is 9.83. The molecule has 1 rings (SSSR count). The van der Waals surface area contributed by atoms with Crippen LogP contribution in [-0.4, -0.2) is 27.1 Å². The van der Waals surface area contributed by atoms with Crippen molar-refractivity contribution in [3.63, 3.8) is 0 Å². The summed E-state index contributed by atoms with van der Waals surface area (Å²) in [6.07, 6.45) is 0.490. The molecular formula is C7H8N2O3. The number of carbonyl (C=O) groups is 2. The second kappa shape index (κ2) is 2.77. The Morgan fingerprint density at radius 1 is 1.67 bits per heavy atom. The number of aromatic carboxylic acids is 1. The highest BCUT2D eigenvalue weighted by atomic mass is 16.4. The fraction of sp³-hybridized carbons (Fsp3) is 0.286. The van der Waals surface area contributed by atoms with E-state index in [1.165, 1.54) is 11.7 Å². The van der Waals surface area contributed by atoms with Crippen LogP contribution in [0.1, 0.15) is 26.5 Å². The molecule has 0 saturated carbocycles. The Kier molecular flexibility index (Phi) is 1.95. The molecule has 0 radical (unpaired) electrons. The van der Waals surface area contributed by atoms with Gasteiger partial charge >= 0.3 is 5.97 Å². The molecule has 0 amide bonds. The average Bonchev–Trinajstić information content (AvgIpc) is 2.24. The van der Waals surface area contributed by atoms with Crippen LogP contribution >= 0.6 is 0 Å². The molecule has 5 nitrogen and oxygen atoms in total. The van der Waals surface area contributed by atoms with Crippen molar-refractivity contribution >= 4 is 12.3 Å². The predicted octanol–water partition coefficient (Wildman–Crippen LogP) is 0.239. The van der Waals surface area contributed by atoms with E-state index >= 15 is 0 Å². The fourth-order valence-corrected chi connectivity index (χ4v) is 1.08. The zero-order valence-electron chi connectivity index (χ0n) is 6.74. The molecule has 0 aliphatic rings. The van der Waals surface area contributed by atoms with Crippen molar-refractivity contribution in [2.45, 2.75) is 6.92 Å². The number of aldehydes is 1. The standard InChI is InChI=1S/C7H8N2O3/c1-4-6(7(11)12)5(3-10)9(2)8-4/h3H,1-2H3,(H,11,12). The molecule has 0 fully saturated rings. The molecule has 5 heteroatoms. The Hall–Kier alpha value is -1.65. The van der Waals surface area contributed by atoms with Gasteiger partial charge in [0.05, 0.1) is 5.69 Å². The highest BCUT2D eigenvalue weighted by molar-refractivity contribution is 5.97. The average molecular weight is 168 g/mol. The van der Waals surface area contributed by atoms with E-state index in [0.29, 0.717) is 12.0 Å². The van der Waals surface area contributed by atoms with Crippen LogP contribution in [0, 0.1) is 6.92 Å². The quantitative estimate of drug-likeness (QED) is 0.642. The number of hydrogen-bond acceptors (Lipinski definition) is 3. The summed E-state index contributed by atoms with van der Waals surface area (Å²) in [5.74, 6) is -1.12. The molecular weight excluding hydrogens is 160 g/mol. The summed E-state index contributed by atoms with van der Waals surface area (Å²) in [5.41, 5.74) is 0.430. The van der Waals surface area contributed by atoms with Crippen molar-refractivity contribution in [3.05, 3.63) is 17.0 Å². The minimum Gasteiger partial charge on any atom is -0.478 e. The predicted molar refractivity (Wildman–Crippen MR) is 40.3 cm³/mol. The van der Waals surface area contributed by atoms with E-state index in [4.69, 9.17) is 5.11 Å². The van der Waals surface area contributed by atoms with Gasteiger partial charge in [-0.05, 0) is 6.92 Å². The number of rotatable bonds is 2. The first-order chi connectivity index (χ1) is 5.57. The van der Waals surface area contributed by atoms with Crippen molar-refractivity contribution in [2.75, 3.05) is 0 Å². The van der Waals surface area contributed by atoms with Gasteiger partial charge < -0.3 is 5.11 Å². The number of hydrogen-bond donors (Lipinski definition) is 1. The Morgan fingerprint density at radius 3 is 2.58 bits per heavy atom. The third-order valence-corrected chi connectivity index (χ3v) is 1.59. The highest BCUT2D eigenvalue weighted by Crippen LogP contribution is 2.10. The van der Waals surface area contributed by atoms with Crippen LogP contribution in [-0.2, 0) is 7.05 Å². The molecule has 1 aromatic rings. The lowest BCUT2D eigenvalue weighted by Crippen LogP contribution is -2.03. The summed E-state index contributed by atoms with van der Waals surface area (Å²) < 4.78 is 1.26. The smallest absolute Gasteiger partial charge is 0.339 e. The van der Waals surface area contributed by atoms with Gasteiger partial charge in [0.25, 0.3) is 0 Å². The number of aryl methyl sites for hydroxylation is 2. The molecule has 64 valence electrons. The van der Waals surface area contributed by atoms with Crippen LogP contribution in [0.4, 0.5) is 0 Å². The number of carboxylic acid groups (broad SMARTS) is 1. The number of aromatic nitrogens is 2. The van der Waals surface area contributed by atoms with Gasteiger partial charge in [-0.3, -0.25) is 9.48 Å². The lowest BCUT2D eigenvalue weighted by Gasteiger charge is -1.92. The SMILES string of the molecule is Cc1nn(C)c(C=O)c1C(=O)O. The summed E-state index contributed by atoms with van der Waals surface area (Å²) in [4.78, 5) is 21.0. The largest absolute Gasteiger partial charge is 0.478 e. The molecule has 0 atom stereocenters. The molecule has 0 aliphatic carbocycles. The van der Waals surface area contributed by atoms with Crippen molar-refractivity contribution < 1.29 is 14.7 Å². The van der Waals surface area contributed by atoms with Crippen LogP contribution < -0.4 is 0 Å². The summed E-state index contributed by atoms with van der Waals surface area (Å²) in [6.45, 7) is 1.55. The molecule has 0 aliphatic heterocycles. The lowest BCUT2D eigenvalue weighted by molar-refractivity contribution is 0.0693. The van der Waals surface area contributed by atoms with Gasteiger partial charge in [-0.25, -0.2) is 4.79 Å². The minimum atomic E-state index is -1.12. The first-order valence-corrected chi connectivity index (χ1v) is 3.30. The van der Waals surface area contributed by atoms with Gasteiger partial charge in [-0.15, -0.1) is 0 Å². The van der Waals surface area contributed by atoms with E-state index < -0.39 is 5.97 Å². The third-order valence-electron chi connectivity index (χ3n) is 1.59. The first-order valence-electron chi connectivity index (χ1n) is 3.30. The zero-order chi connectivity index (χ0) is 9.30. The van der Waals surface area contributed by atoms with Crippen molar-refractivity contribution in [2.24, 2.45) is 7.05 Å². The summed E-state index contributed by atoms with van der Waals surface area (Å²) in [5, 5.41) is 12.5. The molecule has 1 N–H and O–H groups in total. The van der Waals surface area contributed by atoms with E-state index in [1.54, 1.807) is 6.92 Å². The van der Waals surface area contributed by atoms with Gasteiger partial charge in [0.2, 0.25) is 0 Å². The van der Waals surface area contributed by atoms with E-state index in [9.17, 15) is 9.59 Å². The van der Waals surface area contributed by atoms with Gasteiger partial charge in [0, 0.05) is 7.05 Å². The highest BCUT2D eigenvalue weighted by Gasteiger charge is 2.18. The molecule has 0 saturated heterocycles. The van der Waals surface area contributed by atoms with Gasteiger partial charge in [-0.2, -0.15) is 5.10 Å². The van der Waals surface area contributed by atoms with E-state index in [0.717, 1.165) is 0 Å². The van der Waals surface area contributed by atoms with Crippen LogP contribution in [0.3, 0.4) is 0 Å². The van der Waals surface area contributed by atoms with Crippen molar-refractivity contribution in [1.82, 2.24) is 9.78 Å². The van der Waals surface area contributed by atoms with E-state index in [-0.39, 0.29) is 11.3 Å². The van der Waals surface area contributed by atoms with Gasteiger partial charge in [0.1, 0.15) is 11.3 Å². The van der Waals surface area contributed by atoms with E-state index in [2.05, 4.69) is 5.10 Å². The molecule has 0 aromatic carbocycles. The molecule has 12 heavy (non-hydrogen) atoms. The molecule has 1 heterocycles. The first kappa shape index (κ1) is 8.45. The number of carbonyl (C=O) groups excluding carboxylic acids is 1. The van der Waals surface area contributed by atoms with Crippen LogP contribution in [0.15, 0.2) is 0 Å². The summed E-state index contributed by atoms with van der Waals surface area (Å²) >= 11 is 0. The van der Waals surface area contributed by atoms with Gasteiger partial charge in [-0.1, -0.05) is 0 Å². The zero-order valence-corrected chi connectivity index (χ0v) is 6.74. The second-order valence-corrected chi connectivity index (χ2v) is 2.39. The number of nitrogens with zero attached hydrogens (tertiary/aromatic N) is 2. The monoisotopic (exact) mass is 168 g/mol. The topological polar surface area (TPSA) is 72.2 Å².